The maximum absolute atomic E-state index is 13.6. The smallest absolute Gasteiger partial charge is 0.161 e. The average Bonchev–Trinajstić information content (AvgIpc) is 2.59. The van der Waals surface area contributed by atoms with Crippen LogP contribution in [-0.2, 0) is 6.54 Å². The van der Waals surface area contributed by atoms with Gasteiger partial charge in [0.05, 0.1) is 11.6 Å². The molecule has 0 saturated heterocycles. The van der Waals surface area contributed by atoms with E-state index in [-0.39, 0.29) is 12.3 Å². The summed E-state index contributed by atoms with van der Waals surface area (Å²) in [5, 5.41) is 9.20. The zero-order valence-electron chi connectivity index (χ0n) is 8.70. The number of ketones is 1. The number of rotatable bonds is 2. The molecule has 1 aromatic heterocycles. The first-order chi connectivity index (χ1) is 7.65. The van der Waals surface area contributed by atoms with Crippen LogP contribution in [0.2, 0.25) is 0 Å². The van der Waals surface area contributed by atoms with E-state index in [1.165, 1.54) is 23.8 Å². The van der Waals surface area contributed by atoms with Crippen molar-refractivity contribution in [2.24, 2.45) is 0 Å². The number of hydrogen-bond donors (Lipinski definition) is 0. The molecule has 0 amide bonds. The lowest BCUT2D eigenvalue weighted by Crippen LogP contribution is -1.94. The summed E-state index contributed by atoms with van der Waals surface area (Å²) in [5.41, 5.74) is 0.763. The van der Waals surface area contributed by atoms with E-state index in [4.69, 9.17) is 5.26 Å². The van der Waals surface area contributed by atoms with E-state index in [0.29, 0.717) is 16.5 Å². The predicted octanol–water partition coefficient (Wildman–Crippen LogP) is 2.51. The van der Waals surface area contributed by atoms with E-state index in [1.807, 2.05) is 6.07 Å². The number of carbonyl (C=O) groups excluding carboxylic acids is 1. The molecule has 0 saturated carbocycles. The fourth-order valence-corrected chi connectivity index (χ4v) is 1.80. The summed E-state index contributed by atoms with van der Waals surface area (Å²) in [6, 6.07) is 6.50. The highest BCUT2D eigenvalue weighted by Gasteiger charge is 2.14. The molecule has 4 heteroatoms. The van der Waals surface area contributed by atoms with Crippen LogP contribution in [0.3, 0.4) is 0 Å². The largest absolute Gasteiger partial charge is 0.331 e. The van der Waals surface area contributed by atoms with Crippen molar-refractivity contribution >= 4 is 16.7 Å². The van der Waals surface area contributed by atoms with Gasteiger partial charge in [-0.1, -0.05) is 12.1 Å². The predicted molar refractivity (Wildman–Crippen MR) is 57.5 cm³/mol. The third-order valence-electron chi connectivity index (χ3n) is 2.47. The van der Waals surface area contributed by atoms with E-state index in [2.05, 4.69) is 0 Å². The molecule has 0 aliphatic heterocycles. The number of halogens is 1. The molecule has 0 bridgehead atoms. The molecule has 0 atom stereocenters. The Labute approximate surface area is 91.7 Å². The molecule has 0 N–H and O–H groups in total. The van der Waals surface area contributed by atoms with E-state index in [1.54, 1.807) is 12.1 Å². The van der Waals surface area contributed by atoms with Crippen LogP contribution < -0.4 is 0 Å². The van der Waals surface area contributed by atoms with E-state index < -0.39 is 5.82 Å². The first-order valence-electron chi connectivity index (χ1n) is 4.80. The van der Waals surface area contributed by atoms with Crippen molar-refractivity contribution in [3.05, 3.63) is 35.8 Å². The molecule has 0 aliphatic carbocycles. The molecule has 0 radical (unpaired) electrons. The summed E-state index contributed by atoms with van der Waals surface area (Å²) in [6.07, 6.45) is 1.53. The SMILES string of the molecule is CC(=O)c1cn(CC#N)c2c(F)cccc12. The van der Waals surface area contributed by atoms with Gasteiger partial charge in [0, 0.05) is 17.1 Å². The van der Waals surface area contributed by atoms with Crippen molar-refractivity contribution in [3.8, 4) is 6.07 Å². The summed E-state index contributed by atoms with van der Waals surface area (Å²) in [4.78, 5) is 11.4. The molecule has 1 aromatic carbocycles. The Morgan fingerprint density at radius 1 is 1.56 bits per heavy atom. The molecule has 16 heavy (non-hydrogen) atoms. The molecule has 3 nitrogen and oxygen atoms in total. The summed E-state index contributed by atoms with van der Waals surface area (Å²) < 4.78 is 15.1. The van der Waals surface area contributed by atoms with Gasteiger partial charge in [-0.25, -0.2) is 4.39 Å². The van der Waals surface area contributed by atoms with E-state index >= 15 is 0 Å². The van der Waals surface area contributed by atoms with E-state index in [0.717, 1.165) is 0 Å². The highest BCUT2D eigenvalue weighted by molar-refractivity contribution is 6.07. The fourth-order valence-electron chi connectivity index (χ4n) is 1.80. The third kappa shape index (κ3) is 1.47. The van der Waals surface area contributed by atoms with Crippen molar-refractivity contribution in [2.45, 2.75) is 13.5 Å². The summed E-state index contributed by atoms with van der Waals surface area (Å²) in [6.45, 7) is 1.46. The molecule has 1 heterocycles. The number of fused-ring (bicyclic) bond motifs is 1. The van der Waals surface area contributed by atoms with Crippen molar-refractivity contribution in [2.75, 3.05) is 0 Å². The first kappa shape index (κ1) is 10.4. The van der Waals surface area contributed by atoms with Crippen molar-refractivity contribution in [1.29, 1.82) is 5.26 Å². The van der Waals surface area contributed by atoms with Gasteiger partial charge in [-0.15, -0.1) is 0 Å². The number of Topliss-reactive ketones (excluding diaryl/α,β-unsaturated/α-hetero) is 1. The number of benzene rings is 1. The maximum Gasteiger partial charge on any atom is 0.161 e. The first-order valence-corrected chi connectivity index (χ1v) is 4.80. The quantitative estimate of drug-likeness (QED) is 0.724. The van der Waals surface area contributed by atoms with Crippen LogP contribution in [0, 0.1) is 17.1 Å². The second-order valence-electron chi connectivity index (χ2n) is 3.52. The topological polar surface area (TPSA) is 45.8 Å². The van der Waals surface area contributed by atoms with Gasteiger partial charge in [0.1, 0.15) is 12.4 Å². The van der Waals surface area contributed by atoms with Crippen LogP contribution in [0.4, 0.5) is 4.39 Å². The second kappa shape index (κ2) is 3.78. The molecule has 0 spiro atoms. The number of hydrogen-bond acceptors (Lipinski definition) is 2. The van der Waals surface area contributed by atoms with Gasteiger partial charge in [0.25, 0.3) is 0 Å². The van der Waals surface area contributed by atoms with Crippen LogP contribution >= 0.6 is 0 Å². The number of nitrogens with zero attached hydrogens (tertiary/aromatic N) is 2. The lowest BCUT2D eigenvalue weighted by atomic mass is 10.1. The number of para-hydroxylation sites is 1. The Hall–Kier alpha value is -2.15. The minimum Gasteiger partial charge on any atom is -0.331 e. The Kier molecular flexibility index (Phi) is 2.45. The van der Waals surface area contributed by atoms with Crippen LogP contribution in [0.1, 0.15) is 17.3 Å². The Morgan fingerprint density at radius 3 is 2.94 bits per heavy atom. The zero-order chi connectivity index (χ0) is 11.7. The Morgan fingerprint density at radius 2 is 2.31 bits per heavy atom. The Bertz CT molecular complexity index is 607. The third-order valence-corrected chi connectivity index (χ3v) is 2.47. The number of aromatic nitrogens is 1. The van der Waals surface area contributed by atoms with Crippen LogP contribution in [0.25, 0.3) is 10.9 Å². The van der Waals surface area contributed by atoms with Gasteiger partial charge in [-0.05, 0) is 13.0 Å². The molecule has 0 fully saturated rings. The lowest BCUT2D eigenvalue weighted by molar-refractivity contribution is 0.101. The van der Waals surface area contributed by atoms with Crippen molar-refractivity contribution in [1.82, 2.24) is 4.57 Å². The second-order valence-corrected chi connectivity index (χ2v) is 3.52. The fraction of sp³-hybridized carbons (Fsp3) is 0.167. The molecule has 2 rings (SSSR count). The van der Waals surface area contributed by atoms with Crippen LogP contribution in [-0.4, -0.2) is 10.4 Å². The van der Waals surface area contributed by atoms with Gasteiger partial charge in [-0.3, -0.25) is 4.79 Å². The number of carbonyl (C=O) groups is 1. The van der Waals surface area contributed by atoms with Gasteiger partial charge >= 0.3 is 0 Å². The molecular formula is C12H9FN2O. The summed E-state index contributed by atoms with van der Waals surface area (Å²) in [7, 11) is 0. The van der Waals surface area contributed by atoms with Gasteiger partial charge in [-0.2, -0.15) is 5.26 Å². The van der Waals surface area contributed by atoms with Crippen LogP contribution in [0.15, 0.2) is 24.4 Å². The van der Waals surface area contributed by atoms with Crippen LogP contribution in [0.5, 0.6) is 0 Å². The highest BCUT2D eigenvalue weighted by atomic mass is 19.1. The molecule has 80 valence electrons. The summed E-state index contributed by atoms with van der Waals surface area (Å²) in [5.74, 6) is -0.549. The average molecular weight is 216 g/mol. The van der Waals surface area contributed by atoms with Gasteiger partial charge in [0.15, 0.2) is 5.78 Å². The summed E-state index contributed by atoms with van der Waals surface area (Å²) >= 11 is 0. The highest BCUT2D eigenvalue weighted by Crippen LogP contribution is 2.24. The Balaban J connectivity index is 2.83. The zero-order valence-corrected chi connectivity index (χ0v) is 8.70. The minimum absolute atomic E-state index is 0.0325. The number of nitriles is 1. The molecular weight excluding hydrogens is 207 g/mol. The standard InChI is InChI=1S/C12H9FN2O/c1-8(16)10-7-15(6-5-14)12-9(10)3-2-4-11(12)13/h2-4,7H,6H2,1H3. The van der Waals surface area contributed by atoms with Crippen molar-refractivity contribution < 1.29 is 9.18 Å². The van der Waals surface area contributed by atoms with Gasteiger partial charge < -0.3 is 4.57 Å². The molecule has 0 aliphatic rings. The maximum atomic E-state index is 13.6. The normalized spacial score (nSPS) is 10.3. The lowest BCUT2D eigenvalue weighted by Gasteiger charge is -1.99. The minimum atomic E-state index is -0.416. The van der Waals surface area contributed by atoms with Gasteiger partial charge in [0.2, 0.25) is 0 Å². The van der Waals surface area contributed by atoms with E-state index in [9.17, 15) is 9.18 Å². The van der Waals surface area contributed by atoms with Crippen molar-refractivity contribution in [3.63, 3.8) is 0 Å². The monoisotopic (exact) mass is 216 g/mol. The molecule has 2 aromatic rings. The molecule has 0 unspecified atom stereocenters.